The summed E-state index contributed by atoms with van der Waals surface area (Å²) < 4.78 is 9.23. The fraction of sp³-hybridized carbons (Fsp3) is 0.308. The van der Waals surface area contributed by atoms with Gasteiger partial charge < -0.3 is 14.7 Å². The molecule has 1 rings (SSSR count). The number of hydrogen-bond acceptors (Lipinski definition) is 6. The van der Waals surface area contributed by atoms with E-state index in [2.05, 4.69) is 14.6 Å². The van der Waals surface area contributed by atoms with Crippen LogP contribution in [0, 0.1) is 0 Å². The van der Waals surface area contributed by atoms with Crippen LogP contribution < -0.4 is 0 Å². The highest BCUT2D eigenvalue weighted by atomic mass is 16.5. The SMILES string of the molecule is COC(=O)c1ccc(CC(C)=NO)cc1C(=O)OC. The van der Waals surface area contributed by atoms with E-state index < -0.39 is 11.9 Å². The number of carbonyl (C=O) groups is 2. The van der Waals surface area contributed by atoms with Gasteiger partial charge in [0, 0.05) is 6.42 Å². The van der Waals surface area contributed by atoms with Gasteiger partial charge in [-0.3, -0.25) is 0 Å². The van der Waals surface area contributed by atoms with E-state index in [1.54, 1.807) is 13.0 Å². The molecule has 1 aromatic carbocycles. The number of esters is 2. The summed E-state index contributed by atoms with van der Waals surface area (Å²) in [5.41, 5.74) is 1.47. The van der Waals surface area contributed by atoms with E-state index in [0.29, 0.717) is 12.1 Å². The van der Waals surface area contributed by atoms with E-state index in [-0.39, 0.29) is 11.1 Å². The predicted molar refractivity (Wildman–Crippen MR) is 67.7 cm³/mol. The standard InChI is InChI=1S/C13H15NO5/c1-8(14-17)6-9-4-5-10(12(15)18-2)11(7-9)13(16)19-3/h4-5,7,17H,6H2,1-3H3. The molecule has 6 nitrogen and oxygen atoms in total. The lowest BCUT2D eigenvalue weighted by Crippen LogP contribution is -2.13. The van der Waals surface area contributed by atoms with Crippen molar-refractivity contribution < 1.29 is 24.3 Å². The van der Waals surface area contributed by atoms with Crippen LogP contribution in [0.1, 0.15) is 33.2 Å². The van der Waals surface area contributed by atoms with Crippen LogP contribution >= 0.6 is 0 Å². The maximum Gasteiger partial charge on any atom is 0.338 e. The highest BCUT2D eigenvalue weighted by Crippen LogP contribution is 2.15. The van der Waals surface area contributed by atoms with Gasteiger partial charge in [0.15, 0.2) is 0 Å². The van der Waals surface area contributed by atoms with E-state index in [0.717, 1.165) is 5.56 Å². The van der Waals surface area contributed by atoms with Crippen molar-refractivity contribution in [3.8, 4) is 0 Å². The Bertz CT molecular complexity index is 522. The molecule has 0 aliphatic rings. The molecule has 0 saturated carbocycles. The molecule has 0 aromatic heterocycles. The van der Waals surface area contributed by atoms with E-state index in [1.165, 1.54) is 26.4 Å². The van der Waals surface area contributed by atoms with Gasteiger partial charge in [0.1, 0.15) is 0 Å². The smallest absolute Gasteiger partial charge is 0.338 e. The van der Waals surface area contributed by atoms with Gasteiger partial charge in [-0.2, -0.15) is 0 Å². The molecule has 6 heteroatoms. The van der Waals surface area contributed by atoms with Crippen LogP contribution in [-0.2, 0) is 15.9 Å². The summed E-state index contributed by atoms with van der Waals surface area (Å²) in [4.78, 5) is 23.2. The fourth-order valence-corrected chi connectivity index (χ4v) is 1.60. The van der Waals surface area contributed by atoms with E-state index in [4.69, 9.17) is 5.21 Å². The second kappa shape index (κ2) is 6.53. The molecule has 1 aromatic rings. The van der Waals surface area contributed by atoms with Gasteiger partial charge in [-0.05, 0) is 24.6 Å². The Morgan fingerprint density at radius 2 is 1.74 bits per heavy atom. The Hall–Kier alpha value is -2.37. The molecule has 0 radical (unpaired) electrons. The number of ether oxygens (including phenoxy) is 2. The Labute approximate surface area is 110 Å². The Balaban J connectivity index is 3.22. The van der Waals surface area contributed by atoms with Crippen LogP contribution in [0.25, 0.3) is 0 Å². The minimum absolute atomic E-state index is 0.123. The lowest BCUT2D eigenvalue weighted by Gasteiger charge is -2.08. The number of nitrogens with zero attached hydrogens (tertiary/aromatic N) is 1. The Morgan fingerprint density at radius 1 is 1.16 bits per heavy atom. The van der Waals surface area contributed by atoms with Gasteiger partial charge in [0.2, 0.25) is 0 Å². The highest BCUT2D eigenvalue weighted by molar-refractivity contribution is 6.03. The number of hydrogen-bond donors (Lipinski definition) is 1. The van der Waals surface area contributed by atoms with Gasteiger partial charge >= 0.3 is 11.9 Å². The normalized spacial score (nSPS) is 11.0. The van der Waals surface area contributed by atoms with Crippen LogP contribution in [0.15, 0.2) is 23.4 Å². The molecule has 1 N–H and O–H groups in total. The Kier molecular flexibility index (Phi) is 5.05. The monoisotopic (exact) mass is 265 g/mol. The van der Waals surface area contributed by atoms with Crippen molar-refractivity contribution in [2.75, 3.05) is 14.2 Å². The second-order valence-corrected chi connectivity index (χ2v) is 3.88. The lowest BCUT2D eigenvalue weighted by molar-refractivity contribution is 0.0555. The zero-order valence-electron chi connectivity index (χ0n) is 11.0. The molecule has 0 atom stereocenters. The third-order valence-corrected chi connectivity index (χ3v) is 2.53. The zero-order chi connectivity index (χ0) is 14.4. The molecule has 102 valence electrons. The van der Waals surface area contributed by atoms with Gasteiger partial charge in [-0.25, -0.2) is 9.59 Å². The third kappa shape index (κ3) is 3.54. The van der Waals surface area contributed by atoms with Crippen LogP contribution in [0.3, 0.4) is 0 Å². The molecule has 0 fully saturated rings. The molecule has 0 heterocycles. The summed E-state index contributed by atoms with van der Waals surface area (Å²) in [6.45, 7) is 1.64. The summed E-state index contributed by atoms with van der Waals surface area (Å²) >= 11 is 0. The van der Waals surface area contributed by atoms with Crippen molar-refractivity contribution in [1.82, 2.24) is 0 Å². The molecular formula is C13H15NO5. The zero-order valence-corrected chi connectivity index (χ0v) is 11.0. The number of oxime groups is 1. The quantitative estimate of drug-likeness (QED) is 0.387. The first-order chi connectivity index (χ1) is 9.03. The number of carbonyl (C=O) groups excluding carboxylic acids is 2. The minimum atomic E-state index is -0.624. The summed E-state index contributed by atoms with van der Waals surface area (Å²) in [6, 6.07) is 4.66. The topological polar surface area (TPSA) is 85.2 Å². The third-order valence-electron chi connectivity index (χ3n) is 2.53. The Morgan fingerprint density at radius 3 is 2.26 bits per heavy atom. The van der Waals surface area contributed by atoms with Crippen molar-refractivity contribution >= 4 is 17.7 Å². The van der Waals surface area contributed by atoms with Crippen LogP contribution in [0.5, 0.6) is 0 Å². The maximum atomic E-state index is 11.7. The van der Waals surface area contributed by atoms with Crippen molar-refractivity contribution in [2.24, 2.45) is 5.16 Å². The van der Waals surface area contributed by atoms with Crippen molar-refractivity contribution in [3.63, 3.8) is 0 Å². The first-order valence-corrected chi connectivity index (χ1v) is 5.50. The van der Waals surface area contributed by atoms with Gasteiger partial charge in [0.25, 0.3) is 0 Å². The fourth-order valence-electron chi connectivity index (χ4n) is 1.60. The van der Waals surface area contributed by atoms with Crippen LogP contribution in [-0.4, -0.2) is 37.1 Å². The first kappa shape index (κ1) is 14.7. The molecule has 0 amide bonds. The van der Waals surface area contributed by atoms with E-state index in [9.17, 15) is 9.59 Å². The molecule has 0 bridgehead atoms. The molecule has 0 aliphatic heterocycles. The lowest BCUT2D eigenvalue weighted by atomic mass is 10.0. The first-order valence-electron chi connectivity index (χ1n) is 5.50. The maximum absolute atomic E-state index is 11.7. The average Bonchev–Trinajstić information content (AvgIpc) is 2.45. The molecule has 0 spiro atoms. The van der Waals surface area contributed by atoms with Crippen molar-refractivity contribution in [2.45, 2.75) is 13.3 Å². The van der Waals surface area contributed by atoms with Crippen molar-refractivity contribution in [1.29, 1.82) is 0 Å². The van der Waals surface area contributed by atoms with Gasteiger partial charge in [0.05, 0.1) is 31.1 Å². The minimum Gasteiger partial charge on any atom is -0.465 e. The number of benzene rings is 1. The molecular weight excluding hydrogens is 250 g/mol. The average molecular weight is 265 g/mol. The van der Waals surface area contributed by atoms with Gasteiger partial charge in [-0.15, -0.1) is 0 Å². The summed E-state index contributed by atoms with van der Waals surface area (Å²) in [5.74, 6) is -1.24. The van der Waals surface area contributed by atoms with Crippen LogP contribution in [0.2, 0.25) is 0 Å². The summed E-state index contributed by atoms with van der Waals surface area (Å²) in [5, 5.41) is 11.7. The predicted octanol–water partition coefficient (Wildman–Crippen LogP) is 1.65. The van der Waals surface area contributed by atoms with Gasteiger partial charge in [-0.1, -0.05) is 11.2 Å². The van der Waals surface area contributed by atoms with Crippen LogP contribution in [0.4, 0.5) is 0 Å². The van der Waals surface area contributed by atoms with E-state index >= 15 is 0 Å². The second-order valence-electron chi connectivity index (χ2n) is 3.88. The largest absolute Gasteiger partial charge is 0.465 e. The van der Waals surface area contributed by atoms with Crippen molar-refractivity contribution in [3.05, 3.63) is 34.9 Å². The summed E-state index contributed by atoms with van der Waals surface area (Å²) in [6.07, 6.45) is 0.363. The number of rotatable bonds is 4. The highest BCUT2D eigenvalue weighted by Gasteiger charge is 2.18. The molecule has 19 heavy (non-hydrogen) atoms. The molecule has 0 unspecified atom stereocenters. The summed E-state index contributed by atoms with van der Waals surface area (Å²) in [7, 11) is 2.47. The number of methoxy groups -OCH3 is 2. The van der Waals surface area contributed by atoms with E-state index in [1.807, 2.05) is 0 Å². The molecule has 0 saturated heterocycles. The molecule has 0 aliphatic carbocycles.